The van der Waals surface area contributed by atoms with Crippen LogP contribution >= 0.6 is 11.3 Å². The van der Waals surface area contributed by atoms with Crippen molar-refractivity contribution in [2.45, 2.75) is 57.4 Å². The lowest BCUT2D eigenvalue weighted by Gasteiger charge is -2.50. The number of nitrogens with zero attached hydrogens (tertiary/aromatic N) is 2. The minimum absolute atomic E-state index is 0.217. The zero-order valence-corrected chi connectivity index (χ0v) is 18.2. The van der Waals surface area contributed by atoms with Crippen LogP contribution in [0, 0.1) is 11.3 Å². The molecule has 160 valence electrons. The highest BCUT2D eigenvalue weighted by Crippen LogP contribution is 2.46. The average Bonchev–Trinajstić information content (AvgIpc) is 3.36. The SMILES string of the molecule is O=C(NCCc1nc2c(s1)CCC2)[C@@]12CC[C@H](N3CCOCC3)C[C@H]1CCNC2. The van der Waals surface area contributed by atoms with Gasteiger partial charge in [-0.05, 0) is 57.4 Å². The van der Waals surface area contributed by atoms with Gasteiger partial charge in [0.05, 0.1) is 29.3 Å². The summed E-state index contributed by atoms with van der Waals surface area (Å²) in [6.07, 6.45) is 8.87. The lowest BCUT2D eigenvalue weighted by atomic mass is 9.61. The molecule has 2 N–H and O–H groups in total. The first-order valence-corrected chi connectivity index (χ1v) is 12.3. The number of morpholine rings is 1. The van der Waals surface area contributed by atoms with Gasteiger partial charge in [0.2, 0.25) is 5.91 Å². The molecule has 2 aliphatic carbocycles. The van der Waals surface area contributed by atoms with Crippen LogP contribution in [-0.2, 0) is 28.8 Å². The van der Waals surface area contributed by atoms with Gasteiger partial charge in [-0.2, -0.15) is 0 Å². The van der Waals surface area contributed by atoms with Gasteiger partial charge in [0, 0.05) is 43.5 Å². The summed E-state index contributed by atoms with van der Waals surface area (Å²) in [5.74, 6) is 0.772. The molecule has 0 radical (unpaired) electrons. The van der Waals surface area contributed by atoms with Crippen LogP contribution in [0.4, 0.5) is 0 Å². The van der Waals surface area contributed by atoms with Gasteiger partial charge in [0.1, 0.15) is 0 Å². The minimum atomic E-state index is -0.217. The van der Waals surface area contributed by atoms with Crippen LogP contribution in [0.15, 0.2) is 0 Å². The number of piperidine rings is 1. The molecule has 2 saturated heterocycles. The molecule has 0 bridgehead atoms. The Morgan fingerprint density at radius 1 is 1.31 bits per heavy atom. The Bertz CT molecular complexity index is 711. The number of carbonyl (C=O) groups is 1. The van der Waals surface area contributed by atoms with Crippen molar-refractivity contribution < 1.29 is 9.53 Å². The van der Waals surface area contributed by atoms with E-state index in [0.717, 1.165) is 77.9 Å². The molecule has 0 spiro atoms. The van der Waals surface area contributed by atoms with Crippen LogP contribution < -0.4 is 10.6 Å². The van der Waals surface area contributed by atoms with Crippen molar-refractivity contribution in [3.63, 3.8) is 0 Å². The van der Waals surface area contributed by atoms with Crippen LogP contribution in [0.1, 0.15) is 47.7 Å². The summed E-state index contributed by atoms with van der Waals surface area (Å²) in [6.45, 7) is 6.40. The van der Waals surface area contributed by atoms with Crippen molar-refractivity contribution in [1.82, 2.24) is 20.5 Å². The zero-order valence-electron chi connectivity index (χ0n) is 17.4. The average molecular weight is 419 g/mol. The molecule has 1 aromatic heterocycles. The number of aromatic nitrogens is 1. The maximum atomic E-state index is 13.4. The molecular formula is C22H34N4O2S. The highest BCUT2D eigenvalue weighted by Gasteiger charge is 2.50. The van der Waals surface area contributed by atoms with Gasteiger partial charge in [-0.15, -0.1) is 11.3 Å². The van der Waals surface area contributed by atoms with Gasteiger partial charge < -0.3 is 15.4 Å². The van der Waals surface area contributed by atoms with E-state index in [1.54, 1.807) is 0 Å². The number of carbonyl (C=O) groups excluding carboxylic acids is 1. The van der Waals surface area contributed by atoms with Gasteiger partial charge in [0.15, 0.2) is 0 Å². The quantitative estimate of drug-likeness (QED) is 0.763. The molecule has 0 unspecified atom stereocenters. The number of thiazole rings is 1. The van der Waals surface area contributed by atoms with E-state index >= 15 is 0 Å². The molecule has 6 nitrogen and oxygen atoms in total. The third kappa shape index (κ3) is 3.99. The monoisotopic (exact) mass is 418 g/mol. The Hall–Kier alpha value is -1.02. The molecule has 1 aromatic rings. The van der Waals surface area contributed by atoms with Crippen LogP contribution in [0.3, 0.4) is 0 Å². The second-order valence-corrected chi connectivity index (χ2v) is 10.4. The van der Waals surface area contributed by atoms with Gasteiger partial charge in [0.25, 0.3) is 0 Å². The topological polar surface area (TPSA) is 66.5 Å². The first-order chi connectivity index (χ1) is 14.2. The molecule has 0 aromatic carbocycles. The van der Waals surface area contributed by atoms with Crippen LogP contribution in [0.5, 0.6) is 0 Å². The Morgan fingerprint density at radius 2 is 2.21 bits per heavy atom. The Balaban J connectivity index is 1.19. The first kappa shape index (κ1) is 19.9. The number of hydrogen-bond acceptors (Lipinski definition) is 6. The standard InChI is InChI=1S/C22H34N4O2S/c27-21(24-9-6-20-25-18-2-1-3-19(18)29-20)22-7-4-17(26-10-12-28-13-11-26)14-16(22)5-8-23-15-22/h16-17,23H,1-15H2,(H,24,27)/t16-,17+,22-/m1/s1. The van der Waals surface area contributed by atoms with Crippen molar-refractivity contribution in [2.24, 2.45) is 11.3 Å². The predicted octanol–water partition coefficient (Wildman–Crippen LogP) is 1.77. The van der Waals surface area contributed by atoms with E-state index in [1.165, 1.54) is 28.4 Å². The summed E-state index contributed by atoms with van der Waals surface area (Å²) in [7, 11) is 0. The number of aryl methyl sites for hydroxylation is 2. The van der Waals surface area contributed by atoms with Crippen molar-refractivity contribution in [1.29, 1.82) is 0 Å². The number of fused-ring (bicyclic) bond motifs is 2. The molecule has 7 heteroatoms. The van der Waals surface area contributed by atoms with Gasteiger partial charge in [-0.1, -0.05) is 0 Å². The van der Waals surface area contributed by atoms with E-state index in [9.17, 15) is 4.79 Å². The third-order valence-corrected chi connectivity index (χ3v) is 8.87. The predicted molar refractivity (Wildman–Crippen MR) is 114 cm³/mol. The number of ether oxygens (including phenoxy) is 1. The second-order valence-electron chi connectivity index (χ2n) is 9.23. The molecule has 5 rings (SSSR count). The number of amides is 1. The summed E-state index contributed by atoms with van der Waals surface area (Å²) in [5.41, 5.74) is 1.10. The summed E-state index contributed by atoms with van der Waals surface area (Å²) >= 11 is 1.86. The summed E-state index contributed by atoms with van der Waals surface area (Å²) in [4.78, 5) is 22.2. The molecule has 2 aliphatic heterocycles. The Kier molecular flexibility index (Phi) is 5.92. The molecule has 3 fully saturated rings. The summed E-state index contributed by atoms with van der Waals surface area (Å²) < 4.78 is 5.54. The van der Waals surface area contributed by atoms with E-state index in [2.05, 4.69) is 15.5 Å². The fourth-order valence-corrected chi connectivity index (χ4v) is 7.13. The molecule has 29 heavy (non-hydrogen) atoms. The van der Waals surface area contributed by atoms with E-state index in [1.807, 2.05) is 11.3 Å². The maximum absolute atomic E-state index is 13.4. The lowest BCUT2D eigenvalue weighted by Crippen LogP contribution is -2.60. The van der Waals surface area contributed by atoms with Crippen molar-refractivity contribution >= 4 is 17.2 Å². The van der Waals surface area contributed by atoms with E-state index in [-0.39, 0.29) is 11.3 Å². The molecule has 1 saturated carbocycles. The normalized spacial score (nSPS) is 32.6. The Morgan fingerprint density at radius 3 is 3.07 bits per heavy atom. The van der Waals surface area contributed by atoms with Gasteiger partial charge in [-0.3, -0.25) is 9.69 Å². The van der Waals surface area contributed by atoms with Crippen molar-refractivity contribution in [3.05, 3.63) is 15.6 Å². The van der Waals surface area contributed by atoms with Crippen LogP contribution in [0.25, 0.3) is 0 Å². The van der Waals surface area contributed by atoms with E-state index in [0.29, 0.717) is 18.5 Å². The van der Waals surface area contributed by atoms with E-state index in [4.69, 9.17) is 9.72 Å². The Labute approximate surface area is 177 Å². The number of hydrogen-bond donors (Lipinski definition) is 2. The molecule has 3 atom stereocenters. The maximum Gasteiger partial charge on any atom is 0.227 e. The molecular weight excluding hydrogens is 384 g/mol. The summed E-state index contributed by atoms with van der Waals surface area (Å²) in [5, 5.41) is 8.03. The van der Waals surface area contributed by atoms with Crippen molar-refractivity contribution in [3.8, 4) is 0 Å². The third-order valence-electron chi connectivity index (χ3n) is 7.65. The molecule has 1 amide bonds. The van der Waals surface area contributed by atoms with Gasteiger partial charge in [-0.25, -0.2) is 4.98 Å². The van der Waals surface area contributed by atoms with Gasteiger partial charge >= 0.3 is 0 Å². The second kappa shape index (κ2) is 8.61. The fraction of sp³-hybridized carbons (Fsp3) is 0.818. The minimum Gasteiger partial charge on any atom is -0.379 e. The first-order valence-electron chi connectivity index (χ1n) is 11.5. The highest BCUT2D eigenvalue weighted by atomic mass is 32.1. The van der Waals surface area contributed by atoms with Crippen LogP contribution in [0.2, 0.25) is 0 Å². The van der Waals surface area contributed by atoms with Crippen LogP contribution in [-0.4, -0.2) is 67.8 Å². The number of rotatable bonds is 5. The lowest BCUT2D eigenvalue weighted by molar-refractivity contribution is -0.140. The highest BCUT2D eigenvalue weighted by molar-refractivity contribution is 7.11. The largest absolute Gasteiger partial charge is 0.379 e. The van der Waals surface area contributed by atoms with Crippen molar-refractivity contribution in [2.75, 3.05) is 45.9 Å². The smallest absolute Gasteiger partial charge is 0.227 e. The fourth-order valence-electron chi connectivity index (χ4n) is 5.98. The molecule has 4 aliphatic rings. The zero-order chi connectivity index (χ0) is 19.7. The number of nitrogens with one attached hydrogen (secondary N) is 2. The molecule has 3 heterocycles. The van der Waals surface area contributed by atoms with E-state index < -0.39 is 0 Å². The summed E-state index contributed by atoms with van der Waals surface area (Å²) in [6, 6.07) is 0.626.